The van der Waals surface area contributed by atoms with E-state index in [0.717, 1.165) is 28.0 Å². The fourth-order valence-corrected chi connectivity index (χ4v) is 5.30. The zero-order valence-corrected chi connectivity index (χ0v) is 20.4. The Balaban J connectivity index is 1.66. The van der Waals surface area contributed by atoms with Crippen LogP contribution in [0.3, 0.4) is 0 Å². The Kier molecular flexibility index (Phi) is 6.85. The molecule has 1 amide bonds. The van der Waals surface area contributed by atoms with Crippen LogP contribution in [0.1, 0.15) is 33.2 Å². The molecule has 2 aromatic carbocycles. The van der Waals surface area contributed by atoms with Crippen molar-refractivity contribution in [3.8, 4) is 11.5 Å². The lowest BCUT2D eigenvalue weighted by molar-refractivity contribution is -0.384. The summed E-state index contributed by atoms with van der Waals surface area (Å²) in [6, 6.07) is 11.0. The zero-order valence-electron chi connectivity index (χ0n) is 19.6. The number of anilines is 1. The number of rotatable bonds is 7. The number of nitro groups is 1. The van der Waals surface area contributed by atoms with Gasteiger partial charge in [-0.2, -0.15) is 0 Å². The van der Waals surface area contributed by atoms with Gasteiger partial charge in [0.15, 0.2) is 11.5 Å². The molecule has 1 aliphatic rings. The van der Waals surface area contributed by atoms with Gasteiger partial charge >= 0.3 is 0 Å². The molecule has 178 valence electrons. The number of carbonyl (C=O) groups is 1. The Hall–Kier alpha value is -3.43. The summed E-state index contributed by atoms with van der Waals surface area (Å²) in [5, 5.41) is 16.4. The Morgan fingerprint density at radius 1 is 1.21 bits per heavy atom. The molecular weight excluding hydrogens is 454 g/mol. The van der Waals surface area contributed by atoms with E-state index in [2.05, 4.69) is 16.3 Å². The van der Waals surface area contributed by atoms with Crippen molar-refractivity contribution in [2.24, 2.45) is 0 Å². The van der Waals surface area contributed by atoms with E-state index in [9.17, 15) is 14.9 Å². The number of thiophene rings is 1. The molecule has 0 spiro atoms. The van der Waals surface area contributed by atoms with Gasteiger partial charge in [-0.05, 0) is 66.1 Å². The normalized spacial score (nSPS) is 15.5. The predicted octanol–water partition coefficient (Wildman–Crippen LogP) is 4.88. The molecule has 0 fully saturated rings. The number of methoxy groups -OCH3 is 2. The molecule has 8 nitrogen and oxygen atoms in total. The molecule has 4 rings (SSSR count). The van der Waals surface area contributed by atoms with E-state index in [1.807, 2.05) is 30.5 Å². The lowest BCUT2D eigenvalue weighted by atomic mass is 9.91. The first-order chi connectivity index (χ1) is 16.3. The average Bonchev–Trinajstić information content (AvgIpc) is 3.35. The predicted molar refractivity (Wildman–Crippen MR) is 132 cm³/mol. The average molecular weight is 482 g/mol. The topological polar surface area (TPSA) is 93.9 Å². The van der Waals surface area contributed by atoms with Gasteiger partial charge in [0, 0.05) is 17.5 Å². The molecule has 1 atom stereocenters. The number of carbonyl (C=O) groups excluding carboxylic acids is 1. The van der Waals surface area contributed by atoms with Crippen LogP contribution in [0.2, 0.25) is 0 Å². The van der Waals surface area contributed by atoms with E-state index >= 15 is 0 Å². The maximum atomic E-state index is 13.2. The van der Waals surface area contributed by atoms with Gasteiger partial charge < -0.3 is 14.8 Å². The lowest BCUT2D eigenvalue weighted by Gasteiger charge is -2.37. The van der Waals surface area contributed by atoms with Crippen molar-refractivity contribution in [1.29, 1.82) is 0 Å². The van der Waals surface area contributed by atoms with Gasteiger partial charge in [-0.1, -0.05) is 12.1 Å². The number of amides is 1. The van der Waals surface area contributed by atoms with Crippen LogP contribution >= 0.6 is 11.3 Å². The largest absolute Gasteiger partial charge is 0.493 e. The number of nitro benzene ring substituents is 1. The molecule has 1 aliphatic heterocycles. The molecule has 1 aromatic heterocycles. The SMILES string of the molecule is COc1cc2c(cc1OC)[C@H](c1cccs1)N(CC(=O)Nc1c([N+](=O)[O-])ccc(C)c1C)CC2. The van der Waals surface area contributed by atoms with Crippen LogP contribution in [0, 0.1) is 24.0 Å². The number of aryl methyl sites for hydroxylation is 1. The van der Waals surface area contributed by atoms with Gasteiger partial charge in [0.05, 0.1) is 31.7 Å². The zero-order chi connectivity index (χ0) is 24.4. The van der Waals surface area contributed by atoms with Crippen LogP contribution in [0.25, 0.3) is 0 Å². The second-order valence-electron chi connectivity index (χ2n) is 8.25. The fraction of sp³-hybridized carbons (Fsp3) is 0.320. The molecule has 2 heterocycles. The first-order valence-corrected chi connectivity index (χ1v) is 11.8. The molecule has 0 saturated heterocycles. The number of hydrogen-bond donors (Lipinski definition) is 1. The van der Waals surface area contributed by atoms with Gasteiger partial charge in [-0.15, -0.1) is 11.3 Å². The van der Waals surface area contributed by atoms with Gasteiger partial charge in [0.25, 0.3) is 5.69 Å². The Morgan fingerprint density at radius 3 is 2.59 bits per heavy atom. The lowest BCUT2D eigenvalue weighted by Crippen LogP contribution is -2.41. The maximum Gasteiger partial charge on any atom is 0.293 e. The van der Waals surface area contributed by atoms with E-state index in [0.29, 0.717) is 23.6 Å². The number of ether oxygens (including phenoxy) is 2. The quantitative estimate of drug-likeness (QED) is 0.382. The smallest absolute Gasteiger partial charge is 0.293 e. The van der Waals surface area contributed by atoms with Gasteiger partial charge in [-0.3, -0.25) is 19.8 Å². The summed E-state index contributed by atoms with van der Waals surface area (Å²) in [4.78, 5) is 27.4. The maximum absolute atomic E-state index is 13.2. The number of fused-ring (bicyclic) bond motifs is 1. The van der Waals surface area contributed by atoms with E-state index in [-0.39, 0.29) is 29.9 Å². The van der Waals surface area contributed by atoms with Crippen LogP contribution in [0.4, 0.5) is 11.4 Å². The number of nitrogens with one attached hydrogen (secondary N) is 1. The minimum absolute atomic E-state index is 0.0981. The van der Waals surface area contributed by atoms with Crippen molar-refractivity contribution in [3.63, 3.8) is 0 Å². The highest BCUT2D eigenvalue weighted by Gasteiger charge is 2.32. The van der Waals surface area contributed by atoms with Crippen LogP contribution in [-0.4, -0.2) is 43.0 Å². The number of benzene rings is 2. The molecule has 0 unspecified atom stereocenters. The van der Waals surface area contributed by atoms with Crippen molar-refractivity contribution in [2.45, 2.75) is 26.3 Å². The Bertz CT molecular complexity index is 1230. The third-order valence-electron chi connectivity index (χ3n) is 6.31. The summed E-state index contributed by atoms with van der Waals surface area (Å²) in [5.41, 5.74) is 3.94. The highest BCUT2D eigenvalue weighted by molar-refractivity contribution is 7.10. The summed E-state index contributed by atoms with van der Waals surface area (Å²) < 4.78 is 11.0. The van der Waals surface area contributed by atoms with Gasteiger partial charge in [0.1, 0.15) is 5.69 Å². The summed E-state index contributed by atoms with van der Waals surface area (Å²) in [7, 11) is 3.22. The summed E-state index contributed by atoms with van der Waals surface area (Å²) >= 11 is 1.63. The van der Waals surface area contributed by atoms with E-state index < -0.39 is 4.92 Å². The molecule has 0 radical (unpaired) electrons. The minimum atomic E-state index is -0.465. The second-order valence-corrected chi connectivity index (χ2v) is 9.23. The number of hydrogen-bond acceptors (Lipinski definition) is 7. The van der Waals surface area contributed by atoms with Crippen molar-refractivity contribution in [3.05, 3.63) is 79.0 Å². The van der Waals surface area contributed by atoms with Crippen LogP contribution in [-0.2, 0) is 11.2 Å². The van der Waals surface area contributed by atoms with E-state index in [1.165, 1.54) is 6.07 Å². The standard InChI is InChI=1S/C25H27N3O5S/c1-15-7-8-19(28(30)31)24(16(15)2)26-23(29)14-27-10-9-17-12-20(32-3)21(33-4)13-18(17)25(27)22-6-5-11-34-22/h5-8,11-13,25H,9-10,14H2,1-4H3,(H,26,29)/t25-/m1/s1. The third kappa shape index (κ3) is 4.49. The second kappa shape index (κ2) is 9.82. The molecule has 0 aliphatic carbocycles. The van der Waals surface area contributed by atoms with Crippen LogP contribution in [0.15, 0.2) is 41.8 Å². The van der Waals surface area contributed by atoms with E-state index in [1.54, 1.807) is 38.5 Å². The van der Waals surface area contributed by atoms with Crippen molar-refractivity contribution in [2.75, 3.05) is 32.6 Å². The first kappa shape index (κ1) is 23.7. The first-order valence-electron chi connectivity index (χ1n) is 10.9. The van der Waals surface area contributed by atoms with Crippen LogP contribution in [0.5, 0.6) is 11.5 Å². The minimum Gasteiger partial charge on any atom is -0.493 e. The van der Waals surface area contributed by atoms with Crippen molar-refractivity contribution >= 4 is 28.6 Å². The van der Waals surface area contributed by atoms with E-state index in [4.69, 9.17) is 9.47 Å². The van der Waals surface area contributed by atoms with Crippen LogP contribution < -0.4 is 14.8 Å². The molecule has 1 N–H and O–H groups in total. The molecule has 3 aromatic rings. The molecule has 0 saturated carbocycles. The van der Waals surface area contributed by atoms with Crippen molar-refractivity contribution in [1.82, 2.24) is 4.90 Å². The van der Waals surface area contributed by atoms with Gasteiger partial charge in [-0.25, -0.2) is 0 Å². The summed E-state index contributed by atoms with van der Waals surface area (Å²) in [5.74, 6) is 1.03. The molecule has 34 heavy (non-hydrogen) atoms. The highest BCUT2D eigenvalue weighted by atomic mass is 32.1. The van der Waals surface area contributed by atoms with Gasteiger partial charge in [0.2, 0.25) is 5.91 Å². The fourth-order valence-electron chi connectivity index (χ4n) is 4.42. The Labute approximate surface area is 202 Å². The number of nitrogens with zero attached hydrogens (tertiary/aromatic N) is 2. The van der Waals surface area contributed by atoms with Crippen molar-refractivity contribution < 1.29 is 19.2 Å². The third-order valence-corrected chi connectivity index (χ3v) is 7.23. The Morgan fingerprint density at radius 2 is 1.94 bits per heavy atom. The molecule has 0 bridgehead atoms. The summed E-state index contributed by atoms with van der Waals surface area (Å²) in [6.07, 6.45) is 0.745. The monoisotopic (exact) mass is 481 g/mol. The molecule has 9 heteroatoms. The molecular formula is C25H27N3O5S. The highest BCUT2D eigenvalue weighted by Crippen LogP contribution is 2.42. The summed E-state index contributed by atoms with van der Waals surface area (Å²) in [6.45, 7) is 4.40.